The number of hydrogen-bond donors (Lipinski definition) is 1. The van der Waals surface area contributed by atoms with Crippen LogP contribution in [-0.4, -0.2) is 37.6 Å². The summed E-state index contributed by atoms with van der Waals surface area (Å²) in [5.74, 6) is 0.862. The van der Waals surface area contributed by atoms with Crippen molar-refractivity contribution < 1.29 is 0 Å². The van der Waals surface area contributed by atoms with Crippen LogP contribution in [0.4, 0.5) is 0 Å². The van der Waals surface area contributed by atoms with E-state index in [1.807, 2.05) is 0 Å². The Kier molecular flexibility index (Phi) is 4.94. The van der Waals surface area contributed by atoms with Crippen LogP contribution in [0.5, 0.6) is 0 Å². The highest BCUT2D eigenvalue weighted by Crippen LogP contribution is 2.37. The molecule has 2 rings (SSSR count). The van der Waals surface area contributed by atoms with Crippen LogP contribution < -0.4 is 5.32 Å². The molecule has 0 aromatic carbocycles. The van der Waals surface area contributed by atoms with Crippen molar-refractivity contribution in [3.05, 3.63) is 0 Å². The normalized spacial score (nSPS) is 29.4. The number of piperidine rings is 2. The molecular weight excluding hydrogens is 232 g/mol. The van der Waals surface area contributed by atoms with Crippen LogP contribution in [0, 0.1) is 16.7 Å². The average molecular weight is 266 g/mol. The molecule has 0 aromatic rings. The van der Waals surface area contributed by atoms with Crippen LogP contribution in [0.15, 0.2) is 0 Å². The van der Waals surface area contributed by atoms with Gasteiger partial charge < -0.3 is 10.2 Å². The molecule has 0 saturated carbocycles. The summed E-state index contributed by atoms with van der Waals surface area (Å²) in [5, 5.41) is 3.58. The van der Waals surface area contributed by atoms with Crippen molar-refractivity contribution >= 4 is 0 Å². The smallest absolute Gasteiger partial charge is 0.00358 e. The molecule has 19 heavy (non-hydrogen) atoms. The van der Waals surface area contributed by atoms with Crippen molar-refractivity contribution in [2.45, 2.75) is 59.8 Å². The van der Waals surface area contributed by atoms with E-state index in [9.17, 15) is 0 Å². The van der Waals surface area contributed by atoms with Crippen LogP contribution in [0.1, 0.15) is 59.8 Å². The highest BCUT2D eigenvalue weighted by molar-refractivity contribution is 4.88. The van der Waals surface area contributed by atoms with E-state index < -0.39 is 0 Å². The molecule has 1 unspecified atom stereocenters. The molecular formula is C17H34N2. The summed E-state index contributed by atoms with van der Waals surface area (Å²) in [4.78, 5) is 2.73. The Morgan fingerprint density at radius 2 is 1.95 bits per heavy atom. The monoisotopic (exact) mass is 266 g/mol. The van der Waals surface area contributed by atoms with Gasteiger partial charge in [0, 0.05) is 6.54 Å². The summed E-state index contributed by atoms with van der Waals surface area (Å²) < 4.78 is 0. The minimum atomic E-state index is 0.466. The van der Waals surface area contributed by atoms with Crippen molar-refractivity contribution in [1.29, 1.82) is 0 Å². The van der Waals surface area contributed by atoms with Gasteiger partial charge in [-0.25, -0.2) is 0 Å². The second kappa shape index (κ2) is 6.13. The second-order valence-corrected chi connectivity index (χ2v) is 7.97. The maximum atomic E-state index is 3.58. The first kappa shape index (κ1) is 15.3. The Hall–Kier alpha value is -0.0800. The zero-order chi connectivity index (χ0) is 13.9. The summed E-state index contributed by atoms with van der Waals surface area (Å²) in [6.07, 6.45) is 6.91. The molecule has 2 heteroatoms. The fraction of sp³-hybridized carbons (Fsp3) is 1.00. The van der Waals surface area contributed by atoms with Gasteiger partial charge in [0.25, 0.3) is 0 Å². The maximum Gasteiger partial charge on any atom is 0.00358 e. The van der Waals surface area contributed by atoms with E-state index in [1.54, 1.807) is 0 Å². The van der Waals surface area contributed by atoms with E-state index in [1.165, 1.54) is 64.8 Å². The van der Waals surface area contributed by atoms with Crippen molar-refractivity contribution in [3.8, 4) is 0 Å². The lowest BCUT2D eigenvalue weighted by Crippen LogP contribution is -2.47. The van der Waals surface area contributed by atoms with Gasteiger partial charge in [0.1, 0.15) is 0 Å². The molecule has 2 aliphatic heterocycles. The Bertz CT molecular complexity index is 271. The highest BCUT2D eigenvalue weighted by atomic mass is 15.1. The van der Waals surface area contributed by atoms with Crippen LogP contribution in [0.25, 0.3) is 0 Å². The molecule has 2 nitrogen and oxygen atoms in total. The molecule has 1 atom stereocenters. The Labute approximate surface area is 120 Å². The minimum Gasteiger partial charge on any atom is -0.316 e. The first-order chi connectivity index (χ1) is 8.95. The zero-order valence-corrected chi connectivity index (χ0v) is 13.6. The SMILES string of the molecule is CCC1(C)CCN(CC(C)(C)C2CCCNC2)CC1. The van der Waals surface area contributed by atoms with Gasteiger partial charge in [0.2, 0.25) is 0 Å². The molecule has 2 fully saturated rings. The quantitative estimate of drug-likeness (QED) is 0.837. The lowest BCUT2D eigenvalue weighted by molar-refractivity contribution is 0.0526. The Morgan fingerprint density at radius 3 is 2.47 bits per heavy atom. The molecule has 2 aliphatic rings. The van der Waals surface area contributed by atoms with Crippen LogP contribution in [0.2, 0.25) is 0 Å². The van der Waals surface area contributed by atoms with Gasteiger partial charge in [-0.05, 0) is 68.6 Å². The van der Waals surface area contributed by atoms with E-state index in [2.05, 4.69) is 37.9 Å². The molecule has 0 bridgehead atoms. The van der Waals surface area contributed by atoms with E-state index in [-0.39, 0.29) is 0 Å². The fourth-order valence-corrected chi connectivity index (χ4v) is 3.83. The minimum absolute atomic E-state index is 0.466. The standard InChI is InChI=1S/C17H34N2/c1-5-17(4)8-11-19(12-9-17)14-16(2,3)15-7-6-10-18-13-15/h15,18H,5-14H2,1-4H3. The molecule has 0 amide bonds. The van der Waals surface area contributed by atoms with Crippen molar-refractivity contribution in [1.82, 2.24) is 10.2 Å². The van der Waals surface area contributed by atoms with E-state index in [4.69, 9.17) is 0 Å². The number of nitrogens with one attached hydrogen (secondary N) is 1. The summed E-state index contributed by atoms with van der Waals surface area (Å²) in [5.41, 5.74) is 1.08. The van der Waals surface area contributed by atoms with Crippen LogP contribution in [-0.2, 0) is 0 Å². The van der Waals surface area contributed by atoms with Crippen LogP contribution in [0.3, 0.4) is 0 Å². The molecule has 112 valence electrons. The van der Waals surface area contributed by atoms with Gasteiger partial charge in [-0.3, -0.25) is 0 Å². The summed E-state index contributed by atoms with van der Waals surface area (Å²) in [6, 6.07) is 0. The second-order valence-electron chi connectivity index (χ2n) is 7.97. The van der Waals surface area contributed by atoms with Gasteiger partial charge >= 0.3 is 0 Å². The molecule has 0 aliphatic carbocycles. The molecule has 0 spiro atoms. The van der Waals surface area contributed by atoms with E-state index in [0.717, 1.165) is 5.92 Å². The van der Waals surface area contributed by atoms with Crippen molar-refractivity contribution in [3.63, 3.8) is 0 Å². The van der Waals surface area contributed by atoms with E-state index in [0.29, 0.717) is 10.8 Å². The predicted octanol–water partition coefficient (Wildman–Crippen LogP) is 3.52. The van der Waals surface area contributed by atoms with Crippen LogP contribution >= 0.6 is 0 Å². The number of likely N-dealkylation sites (tertiary alicyclic amines) is 1. The summed E-state index contributed by atoms with van der Waals surface area (Å²) in [7, 11) is 0. The van der Waals surface area contributed by atoms with Crippen molar-refractivity contribution in [2.75, 3.05) is 32.7 Å². The van der Waals surface area contributed by atoms with Crippen molar-refractivity contribution in [2.24, 2.45) is 16.7 Å². The predicted molar refractivity (Wildman–Crippen MR) is 83.4 cm³/mol. The number of nitrogens with zero attached hydrogens (tertiary/aromatic N) is 1. The third kappa shape index (κ3) is 3.95. The fourth-order valence-electron chi connectivity index (χ4n) is 3.83. The van der Waals surface area contributed by atoms with Gasteiger partial charge in [-0.15, -0.1) is 0 Å². The number of rotatable bonds is 4. The lowest BCUT2D eigenvalue weighted by Gasteiger charge is -2.45. The molecule has 0 aromatic heterocycles. The summed E-state index contributed by atoms with van der Waals surface area (Å²) in [6.45, 7) is 16.2. The first-order valence-corrected chi connectivity index (χ1v) is 8.38. The average Bonchev–Trinajstić information content (AvgIpc) is 2.42. The maximum absolute atomic E-state index is 3.58. The molecule has 1 N–H and O–H groups in total. The summed E-state index contributed by atoms with van der Waals surface area (Å²) >= 11 is 0. The largest absolute Gasteiger partial charge is 0.316 e. The van der Waals surface area contributed by atoms with Gasteiger partial charge in [0.05, 0.1) is 0 Å². The van der Waals surface area contributed by atoms with E-state index >= 15 is 0 Å². The Morgan fingerprint density at radius 1 is 1.26 bits per heavy atom. The van der Waals surface area contributed by atoms with Gasteiger partial charge in [-0.2, -0.15) is 0 Å². The molecule has 2 saturated heterocycles. The third-order valence-electron chi connectivity index (χ3n) is 5.95. The molecule has 2 heterocycles. The Balaban J connectivity index is 1.83. The lowest BCUT2D eigenvalue weighted by atomic mass is 9.73. The zero-order valence-electron chi connectivity index (χ0n) is 13.6. The van der Waals surface area contributed by atoms with Gasteiger partial charge in [-0.1, -0.05) is 34.1 Å². The third-order valence-corrected chi connectivity index (χ3v) is 5.95. The molecule has 0 radical (unpaired) electrons. The number of hydrogen-bond acceptors (Lipinski definition) is 2. The highest BCUT2D eigenvalue weighted by Gasteiger charge is 2.35. The van der Waals surface area contributed by atoms with Gasteiger partial charge in [0.15, 0.2) is 0 Å². The first-order valence-electron chi connectivity index (χ1n) is 8.38. The topological polar surface area (TPSA) is 15.3 Å².